The lowest BCUT2D eigenvalue weighted by Gasteiger charge is -2.13. The van der Waals surface area contributed by atoms with Gasteiger partial charge in [-0.3, -0.25) is 4.57 Å². The summed E-state index contributed by atoms with van der Waals surface area (Å²) in [6.07, 6.45) is 1.84. The van der Waals surface area contributed by atoms with Gasteiger partial charge in [-0.25, -0.2) is 9.97 Å². The van der Waals surface area contributed by atoms with Crippen molar-refractivity contribution < 1.29 is 9.84 Å². The first-order valence-corrected chi connectivity index (χ1v) is 12.9. The molecule has 0 aliphatic heterocycles. The second-order valence-electron chi connectivity index (χ2n) is 9.82. The van der Waals surface area contributed by atoms with Crippen LogP contribution in [0.25, 0.3) is 49.7 Å². The highest BCUT2D eigenvalue weighted by Gasteiger charge is 2.16. The number of fused-ring (bicyclic) bond motifs is 4. The van der Waals surface area contributed by atoms with Crippen LogP contribution in [0.2, 0.25) is 0 Å². The van der Waals surface area contributed by atoms with E-state index in [0.29, 0.717) is 17.1 Å². The van der Waals surface area contributed by atoms with E-state index in [0.717, 1.165) is 55.3 Å². The number of ether oxygens (including phenoxy) is 1. The van der Waals surface area contributed by atoms with Gasteiger partial charge in [0.15, 0.2) is 0 Å². The van der Waals surface area contributed by atoms with Crippen molar-refractivity contribution in [3.05, 3.63) is 120 Å². The van der Waals surface area contributed by atoms with Gasteiger partial charge in [-0.05, 0) is 78.6 Å². The molecule has 39 heavy (non-hydrogen) atoms. The molecule has 7 rings (SSSR count). The molecule has 0 fully saturated rings. The standard InChI is InChI=1S/C34H25N3O2/c1-21-16-17-35-31(18-21)37-28-11-7-6-10-26(28)27-13-12-24(20-29(27)37)39-32-19-22(2)33-25(23-8-4-3-5-9-23)14-15-30(38)34(33)36-32/h3-20,38H,1-2H3. The van der Waals surface area contributed by atoms with E-state index < -0.39 is 0 Å². The number of hydrogen-bond donors (Lipinski definition) is 1. The van der Waals surface area contributed by atoms with Gasteiger partial charge in [0.05, 0.1) is 11.0 Å². The molecule has 7 aromatic rings. The van der Waals surface area contributed by atoms with E-state index in [1.165, 1.54) is 0 Å². The molecule has 1 N–H and O–H groups in total. The molecule has 0 atom stereocenters. The Kier molecular flexibility index (Phi) is 5.30. The van der Waals surface area contributed by atoms with E-state index in [-0.39, 0.29) is 5.75 Å². The number of aryl methyl sites for hydroxylation is 2. The van der Waals surface area contributed by atoms with Crippen LogP contribution in [-0.2, 0) is 0 Å². The summed E-state index contributed by atoms with van der Waals surface area (Å²) in [5, 5.41) is 13.9. The number of hydrogen-bond acceptors (Lipinski definition) is 4. The van der Waals surface area contributed by atoms with Crippen molar-refractivity contribution in [2.45, 2.75) is 13.8 Å². The largest absolute Gasteiger partial charge is 0.506 e. The van der Waals surface area contributed by atoms with Gasteiger partial charge in [0.2, 0.25) is 5.88 Å². The molecule has 0 saturated carbocycles. The average Bonchev–Trinajstić information content (AvgIpc) is 3.28. The molecule has 0 spiro atoms. The third kappa shape index (κ3) is 3.87. The molecule has 188 valence electrons. The molecule has 0 amide bonds. The van der Waals surface area contributed by atoms with Crippen molar-refractivity contribution in [2.75, 3.05) is 0 Å². The fourth-order valence-electron chi connectivity index (χ4n) is 5.43. The maximum atomic E-state index is 10.7. The maximum absolute atomic E-state index is 10.7. The quantitative estimate of drug-likeness (QED) is 0.259. The molecule has 5 heteroatoms. The first-order chi connectivity index (χ1) is 19.1. The van der Waals surface area contributed by atoms with Crippen LogP contribution in [0.1, 0.15) is 11.1 Å². The monoisotopic (exact) mass is 507 g/mol. The highest BCUT2D eigenvalue weighted by molar-refractivity contribution is 6.09. The van der Waals surface area contributed by atoms with Gasteiger partial charge in [0.1, 0.15) is 22.8 Å². The Morgan fingerprint density at radius 3 is 2.38 bits per heavy atom. The van der Waals surface area contributed by atoms with Crippen molar-refractivity contribution in [1.29, 1.82) is 0 Å². The molecule has 3 aromatic heterocycles. The SMILES string of the molecule is Cc1ccnc(-n2c3ccccc3c3ccc(Oc4cc(C)c5c(-c6ccccc6)ccc(O)c5n4)cc32)c1. The van der Waals surface area contributed by atoms with Crippen molar-refractivity contribution in [3.8, 4) is 34.3 Å². The van der Waals surface area contributed by atoms with Crippen LogP contribution in [0.5, 0.6) is 17.4 Å². The first-order valence-electron chi connectivity index (χ1n) is 12.9. The molecule has 0 aliphatic carbocycles. The lowest BCUT2D eigenvalue weighted by Crippen LogP contribution is -1.98. The Morgan fingerprint density at radius 2 is 1.54 bits per heavy atom. The predicted molar refractivity (Wildman–Crippen MR) is 157 cm³/mol. The van der Waals surface area contributed by atoms with Crippen LogP contribution >= 0.6 is 0 Å². The van der Waals surface area contributed by atoms with Crippen LogP contribution in [-0.4, -0.2) is 19.6 Å². The van der Waals surface area contributed by atoms with E-state index in [1.807, 2.05) is 67.7 Å². The van der Waals surface area contributed by atoms with E-state index in [9.17, 15) is 5.11 Å². The summed E-state index contributed by atoms with van der Waals surface area (Å²) >= 11 is 0. The number of phenolic OH excluding ortho intramolecular Hbond substituents is 1. The summed E-state index contributed by atoms with van der Waals surface area (Å²) in [6.45, 7) is 4.09. The summed E-state index contributed by atoms with van der Waals surface area (Å²) < 4.78 is 8.50. The summed E-state index contributed by atoms with van der Waals surface area (Å²) in [5.74, 6) is 2.07. The van der Waals surface area contributed by atoms with Crippen LogP contribution in [0.4, 0.5) is 0 Å². The van der Waals surface area contributed by atoms with Gasteiger partial charge in [0.25, 0.3) is 0 Å². The Labute approximate surface area is 225 Å². The highest BCUT2D eigenvalue weighted by Crippen LogP contribution is 2.38. The van der Waals surface area contributed by atoms with Crippen LogP contribution in [0.15, 0.2) is 109 Å². The van der Waals surface area contributed by atoms with Crippen LogP contribution in [0.3, 0.4) is 0 Å². The van der Waals surface area contributed by atoms with Gasteiger partial charge in [-0.1, -0.05) is 48.5 Å². The third-order valence-electron chi connectivity index (χ3n) is 7.20. The normalized spacial score (nSPS) is 11.4. The van der Waals surface area contributed by atoms with E-state index >= 15 is 0 Å². The molecule has 0 saturated heterocycles. The molecule has 0 aliphatic rings. The van der Waals surface area contributed by atoms with Crippen molar-refractivity contribution >= 4 is 32.7 Å². The minimum absolute atomic E-state index is 0.124. The second-order valence-corrected chi connectivity index (χ2v) is 9.82. The molecule has 3 heterocycles. The molecule has 5 nitrogen and oxygen atoms in total. The zero-order valence-electron chi connectivity index (χ0n) is 21.6. The minimum atomic E-state index is 0.124. The Bertz CT molecular complexity index is 2030. The fraction of sp³-hybridized carbons (Fsp3) is 0.0588. The molecule has 0 radical (unpaired) electrons. The zero-order chi connectivity index (χ0) is 26.5. The highest BCUT2D eigenvalue weighted by atomic mass is 16.5. The van der Waals surface area contributed by atoms with Gasteiger partial charge < -0.3 is 9.84 Å². The zero-order valence-corrected chi connectivity index (χ0v) is 21.6. The Hall–Kier alpha value is -5.16. The number of benzene rings is 4. The first kappa shape index (κ1) is 23.0. The van der Waals surface area contributed by atoms with Crippen LogP contribution in [0, 0.1) is 13.8 Å². The summed E-state index contributed by atoms with van der Waals surface area (Å²) in [5.41, 5.74) is 6.82. The van der Waals surface area contributed by atoms with Gasteiger partial charge in [-0.2, -0.15) is 0 Å². The van der Waals surface area contributed by atoms with Crippen molar-refractivity contribution in [1.82, 2.24) is 14.5 Å². The predicted octanol–water partition coefficient (Wildman–Crippen LogP) is 8.51. The lowest BCUT2D eigenvalue weighted by molar-refractivity contribution is 0.460. The molecular weight excluding hydrogens is 482 g/mol. The lowest BCUT2D eigenvalue weighted by atomic mass is 9.97. The van der Waals surface area contributed by atoms with Crippen LogP contribution < -0.4 is 4.74 Å². The maximum Gasteiger partial charge on any atom is 0.220 e. The topological polar surface area (TPSA) is 60.2 Å². The third-order valence-corrected chi connectivity index (χ3v) is 7.20. The Morgan fingerprint density at radius 1 is 0.744 bits per heavy atom. The number of para-hydroxylation sites is 1. The number of nitrogens with zero attached hydrogens (tertiary/aromatic N) is 3. The number of rotatable bonds is 4. The van der Waals surface area contributed by atoms with Gasteiger partial charge >= 0.3 is 0 Å². The van der Waals surface area contributed by atoms with E-state index in [1.54, 1.807) is 6.07 Å². The Balaban J connectivity index is 1.37. The smallest absolute Gasteiger partial charge is 0.220 e. The number of aromatic hydroxyl groups is 1. The summed E-state index contributed by atoms with van der Waals surface area (Å²) in [4.78, 5) is 9.41. The van der Waals surface area contributed by atoms with Crippen molar-refractivity contribution in [2.24, 2.45) is 0 Å². The molecule has 0 unspecified atom stereocenters. The average molecular weight is 508 g/mol. The molecule has 4 aromatic carbocycles. The minimum Gasteiger partial charge on any atom is -0.506 e. The molecular formula is C34H25N3O2. The van der Waals surface area contributed by atoms with Gasteiger partial charge in [0, 0.05) is 34.5 Å². The number of phenols is 1. The van der Waals surface area contributed by atoms with Gasteiger partial charge in [-0.15, -0.1) is 0 Å². The fourth-order valence-corrected chi connectivity index (χ4v) is 5.43. The van der Waals surface area contributed by atoms with E-state index in [4.69, 9.17) is 9.72 Å². The summed E-state index contributed by atoms with van der Waals surface area (Å²) in [7, 11) is 0. The number of pyridine rings is 2. The van der Waals surface area contributed by atoms with Crippen molar-refractivity contribution in [3.63, 3.8) is 0 Å². The number of aromatic nitrogens is 3. The second kappa shape index (κ2) is 8.99. The molecule has 0 bridgehead atoms. The van der Waals surface area contributed by atoms with E-state index in [2.05, 4.69) is 58.9 Å². The summed E-state index contributed by atoms with van der Waals surface area (Å²) in [6, 6.07) is 34.2.